The zero-order chi connectivity index (χ0) is 18.0. The van der Waals surface area contributed by atoms with Crippen molar-refractivity contribution >= 4 is 47.1 Å². The number of rotatable bonds is 3. The van der Waals surface area contributed by atoms with Crippen molar-refractivity contribution in [2.24, 2.45) is 0 Å². The summed E-state index contributed by atoms with van der Waals surface area (Å²) in [6, 6.07) is 0. The number of anilines is 1. The van der Waals surface area contributed by atoms with Crippen LogP contribution in [-0.2, 0) is 0 Å². The summed E-state index contributed by atoms with van der Waals surface area (Å²) in [4.78, 5) is 22.5. The van der Waals surface area contributed by atoms with Gasteiger partial charge in [0.1, 0.15) is 8.07 Å². The molecule has 0 saturated heterocycles. The topological polar surface area (TPSA) is 78.7 Å². The lowest BCUT2D eigenvalue weighted by atomic mass is 10.5. The van der Waals surface area contributed by atoms with E-state index in [1.54, 1.807) is 4.23 Å². The molecule has 2 N–H and O–H groups in total. The van der Waals surface area contributed by atoms with Crippen LogP contribution >= 0.6 is 0 Å². The standard InChI is InChI=1S/C14H29N5OSi3/c1-21(2,3)14-16-10-11(18(14)22(4,5)6)17-13(15)19(12(10)20)23(7,8)9/h1-9H3,(H2,15,17). The average Bonchev–Trinajstić information content (AvgIpc) is 2.65. The molecule has 0 aliphatic carbocycles. The van der Waals surface area contributed by atoms with Crippen LogP contribution in [0.15, 0.2) is 4.79 Å². The normalized spacial score (nSPS) is 13.8. The molecule has 0 spiro atoms. The van der Waals surface area contributed by atoms with Crippen molar-refractivity contribution in [2.75, 3.05) is 5.73 Å². The minimum absolute atomic E-state index is 0.0804. The molecule has 0 bridgehead atoms. The van der Waals surface area contributed by atoms with E-state index in [1.165, 1.54) is 0 Å². The third kappa shape index (κ3) is 3.09. The lowest BCUT2D eigenvalue weighted by molar-refractivity contribution is 1.02. The number of hydrogen-bond acceptors (Lipinski definition) is 4. The zero-order valence-corrected chi connectivity index (χ0v) is 18.8. The number of imidazole rings is 1. The Morgan fingerprint density at radius 2 is 1.30 bits per heavy atom. The molecule has 0 saturated carbocycles. The zero-order valence-electron chi connectivity index (χ0n) is 15.8. The Hall–Kier alpha value is -1.20. The first-order chi connectivity index (χ1) is 10.2. The number of aromatic nitrogens is 4. The molecule has 0 atom stereocenters. The Kier molecular flexibility index (Phi) is 4.06. The van der Waals surface area contributed by atoms with E-state index in [2.05, 4.69) is 68.1 Å². The highest BCUT2D eigenvalue weighted by atomic mass is 28.3. The minimum atomic E-state index is -1.95. The molecule has 0 unspecified atom stereocenters. The number of nitrogens with zero attached hydrogens (tertiary/aromatic N) is 4. The van der Waals surface area contributed by atoms with E-state index in [9.17, 15) is 4.79 Å². The highest BCUT2D eigenvalue weighted by Gasteiger charge is 2.34. The maximum absolute atomic E-state index is 13.0. The molecule has 2 rings (SSSR count). The maximum Gasteiger partial charge on any atom is 0.275 e. The van der Waals surface area contributed by atoms with Crippen molar-refractivity contribution in [1.29, 1.82) is 0 Å². The van der Waals surface area contributed by atoms with Gasteiger partial charge in [0.2, 0.25) is 0 Å². The Bertz CT molecular complexity index is 819. The van der Waals surface area contributed by atoms with E-state index in [4.69, 9.17) is 10.7 Å². The second-order valence-electron chi connectivity index (χ2n) is 9.15. The number of nitrogens with two attached hydrogens (primary N) is 1. The lowest BCUT2D eigenvalue weighted by Crippen LogP contribution is -2.51. The molecule has 2 aromatic rings. The molecule has 9 heteroatoms. The van der Waals surface area contributed by atoms with Gasteiger partial charge in [-0.3, -0.25) is 4.79 Å². The maximum atomic E-state index is 13.0. The van der Waals surface area contributed by atoms with Gasteiger partial charge < -0.3 is 14.2 Å². The smallest absolute Gasteiger partial charge is 0.275 e. The van der Waals surface area contributed by atoms with Gasteiger partial charge in [-0.2, -0.15) is 4.98 Å². The molecule has 0 radical (unpaired) electrons. The van der Waals surface area contributed by atoms with Gasteiger partial charge in [-0.15, -0.1) is 0 Å². The molecule has 23 heavy (non-hydrogen) atoms. The average molecular weight is 368 g/mol. The molecular weight excluding hydrogens is 338 g/mol. The summed E-state index contributed by atoms with van der Waals surface area (Å²) >= 11 is 0. The van der Waals surface area contributed by atoms with E-state index in [0.29, 0.717) is 17.1 Å². The van der Waals surface area contributed by atoms with Gasteiger partial charge in [0.05, 0.1) is 5.45 Å². The van der Waals surface area contributed by atoms with E-state index < -0.39 is 24.5 Å². The number of hydrogen-bond donors (Lipinski definition) is 1. The molecule has 0 aromatic carbocycles. The van der Waals surface area contributed by atoms with Crippen LogP contribution in [-0.4, -0.2) is 43.0 Å². The third-order valence-corrected chi connectivity index (χ3v) is 9.16. The quantitative estimate of drug-likeness (QED) is 0.843. The second kappa shape index (κ2) is 5.15. The molecular formula is C14H29N5OSi3. The second-order valence-corrected chi connectivity index (χ2v) is 23.7. The van der Waals surface area contributed by atoms with Crippen molar-refractivity contribution in [3.8, 4) is 0 Å². The molecule has 0 fully saturated rings. The fourth-order valence-electron chi connectivity index (χ4n) is 2.81. The summed E-state index contributed by atoms with van der Waals surface area (Å²) in [7, 11) is -5.43. The monoisotopic (exact) mass is 367 g/mol. The van der Waals surface area contributed by atoms with Crippen LogP contribution in [0, 0.1) is 0 Å². The first-order valence-corrected chi connectivity index (χ1v) is 18.4. The Labute approximate surface area is 140 Å². The van der Waals surface area contributed by atoms with Crippen LogP contribution in [0.1, 0.15) is 0 Å². The summed E-state index contributed by atoms with van der Waals surface area (Å²) in [5.74, 6) is 0.322. The van der Waals surface area contributed by atoms with E-state index in [1.807, 2.05) is 0 Å². The van der Waals surface area contributed by atoms with E-state index in [-0.39, 0.29) is 5.56 Å². The van der Waals surface area contributed by atoms with Crippen LogP contribution in [0.3, 0.4) is 0 Å². The van der Waals surface area contributed by atoms with Crippen molar-refractivity contribution < 1.29 is 0 Å². The molecule has 0 aliphatic rings. The van der Waals surface area contributed by atoms with Crippen LogP contribution < -0.4 is 16.7 Å². The first kappa shape index (κ1) is 18.1. The lowest BCUT2D eigenvalue weighted by Gasteiger charge is -2.27. The molecule has 128 valence electrons. The van der Waals surface area contributed by atoms with Crippen molar-refractivity contribution in [1.82, 2.24) is 18.4 Å². The van der Waals surface area contributed by atoms with Gasteiger partial charge in [0.25, 0.3) is 5.56 Å². The van der Waals surface area contributed by atoms with E-state index in [0.717, 1.165) is 5.45 Å². The van der Waals surface area contributed by atoms with Gasteiger partial charge in [0.15, 0.2) is 33.6 Å². The van der Waals surface area contributed by atoms with Gasteiger partial charge in [-0.05, 0) is 0 Å². The van der Waals surface area contributed by atoms with Crippen molar-refractivity contribution in [3.63, 3.8) is 0 Å². The third-order valence-electron chi connectivity index (χ3n) is 3.72. The fourth-order valence-corrected chi connectivity index (χ4v) is 8.98. The summed E-state index contributed by atoms with van der Waals surface area (Å²) in [5, 5.41) is 0. The Morgan fingerprint density at radius 3 is 1.70 bits per heavy atom. The number of nitrogen functional groups attached to an aromatic ring is 1. The van der Waals surface area contributed by atoms with Gasteiger partial charge in [-0.25, -0.2) is 4.98 Å². The van der Waals surface area contributed by atoms with Gasteiger partial charge >= 0.3 is 0 Å². The fraction of sp³-hybridized carbons (Fsp3) is 0.643. The predicted molar refractivity (Wildman–Crippen MR) is 107 cm³/mol. The highest BCUT2D eigenvalue weighted by Crippen LogP contribution is 2.18. The minimum Gasteiger partial charge on any atom is -0.370 e. The molecule has 2 heterocycles. The summed E-state index contributed by atoms with van der Waals surface area (Å²) in [6.45, 7) is 19.8. The molecule has 0 aliphatic heterocycles. The van der Waals surface area contributed by atoms with Crippen LogP contribution in [0.4, 0.5) is 5.95 Å². The van der Waals surface area contributed by atoms with Crippen LogP contribution in [0.2, 0.25) is 58.9 Å². The Morgan fingerprint density at radius 1 is 0.826 bits per heavy atom. The molecule has 0 amide bonds. The largest absolute Gasteiger partial charge is 0.370 e. The van der Waals surface area contributed by atoms with Crippen LogP contribution in [0.25, 0.3) is 11.2 Å². The number of fused-ring (bicyclic) bond motifs is 1. The SMILES string of the molecule is C[Si](C)(C)c1nc2c(=O)n([Si](C)(C)C)c(N)nc2n1[Si](C)(C)C. The van der Waals surface area contributed by atoms with E-state index >= 15 is 0 Å². The first-order valence-electron chi connectivity index (χ1n) is 7.98. The summed E-state index contributed by atoms with van der Waals surface area (Å²) < 4.78 is 3.94. The van der Waals surface area contributed by atoms with Gasteiger partial charge in [0, 0.05) is 0 Å². The summed E-state index contributed by atoms with van der Waals surface area (Å²) in [6.07, 6.45) is 0. The molecule has 6 nitrogen and oxygen atoms in total. The van der Waals surface area contributed by atoms with Crippen LogP contribution in [0.5, 0.6) is 0 Å². The Balaban J connectivity index is 3.04. The van der Waals surface area contributed by atoms with Gasteiger partial charge in [-0.1, -0.05) is 58.9 Å². The van der Waals surface area contributed by atoms with Crippen molar-refractivity contribution in [2.45, 2.75) is 58.9 Å². The predicted octanol–water partition coefficient (Wildman–Crippen LogP) is 2.09. The molecule has 2 aromatic heterocycles. The van der Waals surface area contributed by atoms with Crippen molar-refractivity contribution in [3.05, 3.63) is 10.4 Å². The highest BCUT2D eigenvalue weighted by molar-refractivity contribution is 6.90. The summed E-state index contributed by atoms with van der Waals surface area (Å²) in [5.41, 5.74) is 8.32.